The van der Waals surface area contributed by atoms with Crippen LogP contribution < -0.4 is 10.1 Å². The topological polar surface area (TPSA) is 72.5 Å². The molecule has 1 atom stereocenters. The minimum Gasteiger partial charge on any atom is -0.490 e. The maximum absolute atomic E-state index is 12.1. The van der Waals surface area contributed by atoms with Gasteiger partial charge in [-0.1, -0.05) is 6.07 Å². The van der Waals surface area contributed by atoms with Crippen molar-refractivity contribution in [1.82, 2.24) is 0 Å². The van der Waals surface area contributed by atoms with Gasteiger partial charge in [-0.05, 0) is 50.2 Å². The molecule has 3 rings (SSSR count). The van der Waals surface area contributed by atoms with E-state index in [1.165, 1.54) is 12.8 Å². The van der Waals surface area contributed by atoms with Gasteiger partial charge in [-0.2, -0.15) is 0 Å². The van der Waals surface area contributed by atoms with Gasteiger partial charge in [0.25, 0.3) is 0 Å². The monoisotopic (exact) mass is 337 g/mol. The first-order valence-corrected chi connectivity index (χ1v) is 10.1. The van der Waals surface area contributed by atoms with Crippen molar-refractivity contribution in [2.75, 3.05) is 16.8 Å². The SMILES string of the molecule is O=C(CC1CCS(=O)(=O)C1)Nc1cccc(OC2CCCC2)c1. The van der Waals surface area contributed by atoms with E-state index in [0.717, 1.165) is 18.6 Å². The predicted molar refractivity (Wildman–Crippen MR) is 89.3 cm³/mol. The number of rotatable bonds is 5. The third-order valence-corrected chi connectivity index (χ3v) is 6.36. The quantitative estimate of drug-likeness (QED) is 0.897. The maximum atomic E-state index is 12.1. The van der Waals surface area contributed by atoms with Crippen molar-refractivity contribution in [3.63, 3.8) is 0 Å². The molecule has 1 aromatic rings. The van der Waals surface area contributed by atoms with Gasteiger partial charge in [0.05, 0.1) is 17.6 Å². The molecule has 0 radical (unpaired) electrons. The smallest absolute Gasteiger partial charge is 0.224 e. The Labute approximate surface area is 137 Å². The molecule has 0 aromatic heterocycles. The van der Waals surface area contributed by atoms with Crippen LogP contribution in [-0.4, -0.2) is 31.9 Å². The van der Waals surface area contributed by atoms with E-state index in [1.807, 2.05) is 24.3 Å². The van der Waals surface area contributed by atoms with Crippen molar-refractivity contribution in [2.45, 2.75) is 44.6 Å². The van der Waals surface area contributed by atoms with E-state index < -0.39 is 9.84 Å². The fourth-order valence-electron chi connectivity index (χ4n) is 3.35. The Kier molecular flexibility index (Phi) is 4.90. The van der Waals surface area contributed by atoms with Gasteiger partial charge in [0.2, 0.25) is 5.91 Å². The van der Waals surface area contributed by atoms with Crippen LogP contribution in [0.3, 0.4) is 0 Å². The van der Waals surface area contributed by atoms with E-state index in [1.54, 1.807) is 0 Å². The third kappa shape index (κ3) is 4.70. The lowest BCUT2D eigenvalue weighted by Crippen LogP contribution is -2.17. The summed E-state index contributed by atoms with van der Waals surface area (Å²) in [6.07, 6.45) is 5.73. The first-order chi connectivity index (χ1) is 11.0. The van der Waals surface area contributed by atoms with E-state index in [0.29, 0.717) is 12.1 Å². The normalized spacial score (nSPS) is 23.7. The summed E-state index contributed by atoms with van der Waals surface area (Å²) in [4.78, 5) is 12.1. The Bertz CT molecular complexity index is 665. The molecule has 1 N–H and O–H groups in total. The Morgan fingerprint density at radius 2 is 2.00 bits per heavy atom. The van der Waals surface area contributed by atoms with Gasteiger partial charge in [-0.25, -0.2) is 8.42 Å². The van der Waals surface area contributed by atoms with E-state index in [2.05, 4.69) is 5.32 Å². The maximum Gasteiger partial charge on any atom is 0.224 e. The average molecular weight is 337 g/mol. The van der Waals surface area contributed by atoms with Crippen molar-refractivity contribution in [3.8, 4) is 5.75 Å². The largest absolute Gasteiger partial charge is 0.490 e. The molecule has 2 aliphatic rings. The number of amides is 1. The number of anilines is 1. The minimum atomic E-state index is -2.93. The summed E-state index contributed by atoms with van der Waals surface area (Å²) in [5, 5.41) is 2.85. The van der Waals surface area contributed by atoms with Crippen LogP contribution in [0.25, 0.3) is 0 Å². The molecular weight excluding hydrogens is 314 g/mol. The molecule has 1 unspecified atom stereocenters. The van der Waals surface area contributed by atoms with Crippen LogP contribution in [0.4, 0.5) is 5.69 Å². The second-order valence-electron chi connectivity index (χ2n) is 6.57. The summed E-state index contributed by atoms with van der Waals surface area (Å²) in [5.74, 6) is 0.919. The molecular formula is C17H23NO4S. The number of ether oxygens (including phenoxy) is 1. The van der Waals surface area contributed by atoms with Gasteiger partial charge in [0, 0.05) is 18.2 Å². The fraction of sp³-hybridized carbons (Fsp3) is 0.588. The second kappa shape index (κ2) is 6.91. The Morgan fingerprint density at radius 1 is 1.22 bits per heavy atom. The van der Waals surface area contributed by atoms with Crippen molar-refractivity contribution >= 4 is 21.4 Å². The van der Waals surface area contributed by atoms with Gasteiger partial charge in [-0.3, -0.25) is 4.79 Å². The van der Waals surface area contributed by atoms with Gasteiger partial charge < -0.3 is 10.1 Å². The number of nitrogens with one attached hydrogen (secondary N) is 1. The Morgan fingerprint density at radius 3 is 2.70 bits per heavy atom. The highest BCUT2D eigenvalue weighted by atomic mass is 32.2. The number of carbonyl (C=O) groups excluding carboxylic acids is 1. The summed E-state index contributed by atoms with van der Waals surface area (Å²) in [6, 6.07) is 7.42. The van der Waals surface area contributed by atoms with Crippen molar-refractivity contribution < 1.29 is 17.9 Å². The molecule has 2 fully saturated rings. The number of hydrogen-bond acceptors (Lipinski definition) is 4. The zero-order valence-corrected chi connectivity index (χ0v) is 14.0. The van der Waals surface area contributed by atoms with E-state index in [-0.39, 0.29) is 35.9 Å². The van der Waals surface area contributed by atoms with Gasteiger partial charge in [-0.15, -0.1) is 0 Å². The molecule has 1 heterocycles. The van der Waals surface area contributed by atoms with Crippen molar-refractivity contribution in [2.24, 2.45) is 5.92 Å². The highest BCUT2D eigenvalue weighted by Gasteiger charge is 2.29. The number of sulfone groups is 1. The zero-order chi connectivity index (χ0) is 16.3. The molecule has 1 aliphatic carbocycles. The van der Waals surface area contributed by atoms with Crippen molar-refractivity contribution in [3.05, 3.63) is 24.3 Å². The molecule has 0 spiro atoms. The van der Waals surface area contributed by atoms with Gasteiger partial charge in [0.15, 0.2) is 9.84 Å². The predicted octanol–water partition coefficient (Wildman–Crippen LogP) is 2.77. The molecule has 0 bridgehead atoms. The van der Waals surface area contributed by atoms with Crippen LogP contribution in [0.15, 0.2) is 24.3 Å². The number of carbonyl (C=O) groups is 1. The lowest BCUT2D eigenvalue weighted by atomic mass is 10.1. The first-order valence-electron chi connectivity index (χ1n) is 8.27. The van der Waals surface area contributed by atoms with Crippen LogP contribution in [0.1, 0.15) is 38.5 Å². The number of hydrogen-bond donors (Lipinski definition) is 1. The van der Waals surface area contributed by atoms with Gasteiger partial charge >= 0.3 is 0 Å². The molecule has 1 saturated heterocycles. The highest BCUT2D eigenvalue weighted by molar-refractivity contribution is 7.91. The standard InChI is InChI=1S/C17H23NO4S/c19-17(10-13-8-9-23(20,21)12-13)18-14-4-3-7-16(11-14)22-15-5-1-2-6-15/h3-4,7,11,13,15H,1-2,5-6,8-10,12H2,(H,18,19). The summed E-state index contributed by atoms with van der Waals surface area (Å²) in [5.41, 5.74) is 0.700. The number of benzene rings is 1. The van der Waals surface area contributed by atoms with Crippen LogP contribution in [-0.2, 0) is 14.6 Å². The second-order valence-corrected chi connectivity index (χ2v) is 8.80. The summed E-state index contributed by atoms with van der Waals surface area (Å²) in [7, 11) is -2.93. The third-order valence-electron chi connectivity index (χ3n) is 4.52. The van der Waals surface area contributed by atoms with Crippen molar-refractivity contribution in [1.29, 1.82) is 0 Å². The van der Waals surface area contributed by atoms with Gasteiger partial charge in [0.1, 0.15) is 5.75 Å². The summed E-state index contributed by atoms with van der Waals surface area (Å²) >= 11 is 0. The molecule has 1 aromatic carbocycles. The molecule has 5 nitrogen and oxygen atoms in total. The van der Waals surface area contributed by atoms with E-state index in [4.69, 9.17) is 4.74 Å². The highest BCUT2D eigenvalue weighted by Crippen LogP contribution is 2.26. The first kappa shape index (κ1) is 16.3. The minimum absolute atomic E-state index is 0.0575. The average Bonchev–Trinajstić information content (AvgIpc) is 3.09. The molecule has 1 aliphatic heterocycles. The molecule has 1 amide bonds. The summed E-state index contributed by atoms with van der Waals surface area (Å²) in [6.45, 7) is 0. The molecule has 6 heteroatoms. The fourth-order valence-corrected chi connectivity index (χ4v) is 5.21. The van der Waals surface area contributed by atoms with E-state index >= 15 is 0 Å². The molecule has 1 saturated carbocycles. The summed E-state index contributed by atoms with van der Waals surface area (Å²) < 4.78 is 28.8. The van der Waals surface area contributed by atoms with Crippen LogP contribution in [0, 0.1) is 5.92 Å². The van der Waals surface area contributed by atoms with Crippen LogP contribution >= 0.6 is 0 Å². The van der Waals surface area contributed by atoms with Crippen LogP contribution in [0.2, 0.25) is 0 Å². The Hall–Kier alpha value is -1.56. The zero-order valence-electron chi connectivity index (χ0n) is 13.2. The Balaban J connectivity index is 1.53. The molecule has 126 valence electrons. The van der Waals surface area contributed by atoms with Crippen LogP contribution in [0.5, 0.6) is 5.75 Å². The van der Waals surface area contributed by atoms with E-state index in [9.17, 15) is 13.2 Å². The lowest BCUT2D eigenvalue weighted by Gasteiger charge is -2.14. The lowest BCUT2D eigenvalue weighted by molar-refractivity contribution is -0.116. The molecule has 23 heavy (non-hydrogen) atoms.